The molecule has 2 heterocycles. The number of aromatic nitrogens is 5. The van der Waals surface area contributed by atoms with Crippen LogP contribution in [0.5, 0.6) is 5.75 Å². The van der Waals surface area contributed by atoms with Gasteiger partial charge < -0.3 is 14.4 Å². The number of nitrogens with zero attached hydrogens (tertiary/aromatic N) is 4. The highest BCUT2D eigenvalue weighted by Gasteiger charge is 2.31. The summed E-state index contributed by atoms with van der Waals surface area (Å²) in [7, 11) is 0. The molecule has 0 saturated carbocycles. The van der Waals surface area contributed by atoms with E-state index in [-0.39, 0.29) is 23.4 Å². The molecule has 0 unspecified atom stereocenters. The smallest absolute Gasteiger partial charge is 0.258 e. The summed E-state index contributed by atoms with van der Waals surface area (Å²) in [5, 5.41) is 30.6. The number of amides is 1. The van der Waals surface area contributed by atoms with E-state index in [4.69, 9.17) is 9.26 Å². The summed E-state index contributed by atoms with van der Waals surface area (Å²) in [6.07, 6.45) is 0. The number of rotatable bonds is 6. The quantitative estimate of drug-likeness (QED) is 0.504. The average Bonchev–Trinajstić information content (AvgIpc) is 3.36. The normalized spacial score (nSPS) is 12.7. The van der Waals surface area contributed by atoms with Crippen molar-refractivity contribution < 1.29 is 19.2 Å². The number of carbonyl (C=O) groups excluding carboxylic acids is 1. The third-order valence-corrected chi connectivity index (χ3v) is 5.28. The van der Waals surface area contributed by atoms with Gasteiger partial charge in [-0.05, 0) is 47.2 Å². The Hall–Kier alpha value is -3.27. The number of phenolic OH excluding ortho intramolecular Hbond substituents is 1. The molecule has 0 saturated heterocycles. The zero-order valence-electron chi connectivity index (χ0n) is 20.4. The molecule has 2 aromatic heterocycles. The number of aromatic hydroxyl groups is 1. The molecule has 3 N–H and O–H groups in total. The van der Waals surface area contributed by atoms with Gasteiger partial charge in [0.25, 0.3) is 5.91 Å². The van der Waals surface area contributed by atoms with Crippen molar-refractivity contribution >= 4 is 11.9 Å². The van der Waals surface area contributed by atoms with E-state index in [2.05, 4.69) is 72.6 Å². The fourth-order valence-electron chi connectivity index (χ4n) is 3.23. The predicted molar refractivity (Wildman–Crippen MR) is 123 cm³/mol. The lowest BCUT2D eigenvalue weighted by molar-refractivity contribution is -0.139. The molecule has 0 fully saturated rings. The van der Waals surface area contributed by atoms with Crippen LogP contribution < -0.4 is 5.32 Å². The third-order valence-electron chi connectivity index (χ3n) is 5.28. The molecule has 10 nitrogen and oxygen atoms in total. The van der Waals surface area contributed by atoms with Gasteiger partial charge >= 0.3 is 0 Å². The summed E-state index contributed by atoms with van der Waals surface area (Å²) in [6.45, 7) is 15.7. The summed E-state index contributed by atoms with van der Waals surface area (Å²) in [6, 6.07) is 5.66. The van der Waals surface area contributed by atoms with Crippen molar-refractivity contribution in [2.75, 3.05) is 5.32 Å². The van der Waals surface area contributed by atoms with Crippen LogP contribution in [0.1, 0.15) is 72.3 Å². The summed E-state index contributed by atoms with van der Waals surface area (Å²) in [5.41, 5.74) is 1.46. The van der Waals surface area contributed by atoms with Crippen LogP contribution >= 0.6 is 0 Å². The summed E-state index contributed by atoms with van der Waals surface area (Å²) >= 11 is 0. The largest absolute Gasteiger partial charge is 0.507 e. The highest BCUT2D eigenvalue weighted by atomic mass is 16.5. The number of aromatic amines is 1. The van der Waals surface area contributed by atoms with E-state index < -0.39 is 11.5 Å². The van der Waals surface area contributed by atoms with E-state index >= 15 is 0 Å². The second-order valence-corrected chi connectivity index (χ2v) is 10.6. The Kier molecular flexibility index (Phi) is 6.34. The van der Waals surface area contributed by atoms with Crippen LogP contribution in [-0.2, 0) is 27.0 Å². The molecule has 1 amide bonds. The van der Waals surface area contributed by atoms with Crippen LogP contribution in [0, 0.1) is 0 Å². The summed E-state index contributed by atoms with van der Waals surface area (Å²) < 4.78 is 11.3. The van der Waals surface area contributed by atoms with Crippen molar-refractivity contribution in [1.82, 2.24) is 25.8 Å². The molecule has 33 heavy (non-hydrogen) atoms. The van der Waals surface area contributed by atoms with Crippen molar-refractivity contribution in [3.63, 3.8) is 0 Å². The van der Waals surface area contributed by atoms with Crippen LogP contribution in [0.15, 0.2) is 22.7 Å². The number of benzene rings is 1. The Morgan fingerprint density at radius 2 is 1.67 bits per heavy atom. The topological polar surface area (TPSA) is 139 Å². The highest BCUT2D eigenvalue weighted by molar-refractivity contribution is 5.95. The molecule has 3 aromatic rings. The van der Waals surface area contributed by atoms with Gasteiger partial charge in [0.2, 0.25) is 5.95 Å². The molecule has 0 radical (unpaired) electrons. The number of hydrogen-bond donors (Lipinski definition) is 3. The Balaban J connectivity index is 1.82. The van der Waals surface area contributed by atoms with Crippen molar-refractivity contribution in [2.45, 2.75) is 78.4 Å². The fourth-order valence-corrected chi connectivity index (χ4v) is 3.23. The van der Waals surface area contributed by atoms with Gasteiger partial charge in [-0.2, -0.15) is 0 Å². The lowest BCUT2D eigenvalue weighted by Crippen LogP contribution is -2.40. The molecular weight excluding hydrogens is 424 g/mol. The average molecular weight is 457 g/mol. The van der Waals surface area contributed by atoms with Crippen molar-refractivity contribution in [2.24, 2.45) is 0 Å². The van der Waals surface area contributed by atoms with E-state index in [1.807, 2.05) is 12.1 Å². The highest BCUT2D eigenvalue weighted by Crippen LogP contribution is 2.41. The number of H-pyrrole nitrogens is 1. The van der Waals surface area contributed by atoms with Gasteiger partial charge in [0.15, 0.2) is 5.76 Å². The predicted octanol–water partition coefficient (Wildman–Crippen LogP) is 4.09. The first-order chi connectivity index (χ1) is 15.2. The molecule has 0 aliphatic heterocycles. The molecule has 0 bridgehead atoms. The standard InChI is InChI=1S/C23H32N6O4/c1-21(2,3)15-9-13(10-16(18(15)30)22(4,5)6)17-11-14(33-27-17)12-32-23(7,8)19(31)24-20-25-28-29-26-20/h9-11,30H,12H2,1-8H3,(H2,24,25,26,28,29,31). The molecule has 3 rings (SSSR count). The number of ether oxygens (including phenoxy) is 1. The van der Waals surface area contributed by atoms with Crippen LogP contribution in [0.3, 0.4) is 0 Å². The first-order valence-corrected chi connectivity index (χ1v) is 10.7. The van der Waals surface area contributed by atoms with Crippen molar-refractivity contribution in [1.29, 1.82) is 0 Å². The molecule has 0 aliphatic rings. The fraction of sp³-hybridized carbons (Fsp3) is 0.522. The van der Waals surface area contributed by atoms with Gasteiger partial charge in [0.1, 0.15) is 23.7 Å². The van der Waals surface area contributed by atoms with Crippen molar-refractivity contribution in [3.05, 3.63) is 35.1 Å². The number of nitrogens with one attached hydrogen (secondary N) is 2. The Morgan fingerprint density at radius 1 is 1.06 bits per heavy atom. The molecule has 0 atom stereocenters. The van der Waals surface area contributed by atoms with Crippen LogP contribution in [-0.4, -0.2) is 42.4 Å². The first kappa shape index (κ1) is 24.4. The van der Waals surface area contributed by atoms with Crippen LogP contribution in [0.4, 0.5) is 5.95 Å². The maximum Gasteiger partial charge on any atom is 0.258 e. The number of hydrogen-bond acceptors (Lipinski definition) is 8. The second-order valence-electron chi connectivity index (χ2n) is 10.6. The minimum absolute atomic E-state index is 0.0401. The summed E-state index contributed by atoms with van der Waals surface area (Å²) in [4.78, 5) is 12.5. The lowest BCUT2D eigenvalue weighted by atomic mass is 9.78. The van der Waals surface area contributed by atoms with Gasteiger partial charge in [0, 0.05) is 22.8 Å². The maximum atomic E-state index is 12.5. The number of tetrazole rings is 1. The molecule has 178 valence electrons. The van der Waals surface area contributed by atoms with E-state index in [1.165, 1.54) is 0 Å². The van der Waals surface area contributed by atoms with Gasteiger partial charge in [0.05, 0.1) is 0 Å². The van der Waals surface area contributed by atoms with E-state index in [1.54, 1.807) is 19.9 Å². The lowest BCUT2D eigenvalue weighted by Gasteiger charge is -2.28. The zero-order valence-corrected chi connectivity index (χ0v) is 20.4. The zero-order chi connectivity index (χ0) is 24.6. The molecule has 0 aliphatic carbocycles. The van der Waals surface area contributed by atoms with Crippen molar-refractivity contribution in [3.8, 4) is 17.0 Å². The van der Waals surface area contributed by atoms with Crippen LogP contribution in [0.2, 0.25) is 0 Å². The van der Waals surface area contributed by atoms with Gasteiger partial charge in [-0.15, -0.1) is 0 Å². The molecule has 1 aromatic carbocycles. The van der Waals surface area contributed by atoms with Crippen LogP contribution in [0.25, 0.3) is 11.3 Å². The number of anilines is 1. The SMILES string of the molecule is CC(C)(OCc1cc(-c2cc(C(C)(C)C)c(O)c(C(C)(C)C)c2)no1)C(=O)Nc1nnn[nH]1. The Morgan fingerprint density at radius 3 is 2.18 bits per heavy atom. The number of carbonyl (C=O) groups is 1. The molecule has 0 spiro atoms. The Labute approximate surface area is 193 Å². The summed E-state index contributed by atoms with van der Waals surface area (Å²) in [5.74, 6) is 0.495. The second kappa shape index (κ2) is 8.58. The Bertz CT molecular complexity index is 1090. The minimum Gasteiger partial charge on any atom is -0.507 e. The maximum absolute atomic E-state index is 12.5. The van der Waals surface area contributed by atoms with E-state index in [0.717, 1.165) is 16.7 Å². The van der Waals surface area contributed by atoms with Gasteiger partial charge in [-0.25, -0.2) is 5.10 Å². The van der Waals surface area contributed by atoms with E-state index in [9.17, 15) is 9.90 Å². The number of phenols is 1. The molecule has 10 heteroatoms. The van der Waals surface area contributed by atoms with Gasteiger partial charge in [-0.3, -0.25) is 10.1 Å². The minimum atomic E-state index is -1.17. The van der Waals surface area contributed by atoms with Gasteiger partial charge in [-0.1, -0.05) is 51.8 Å². The first-order valence-electron chi connectivity index (χ1n) is 10.7. The molecular formula is C23H32N6O4. The third kappa shape index (κ3) is 5.57. The van der Waals surface area contributed by atoms with E-state index in [0.29, 0.717) is 17.2 Å². The monoisotopic (exact) mass is 456 g/mol.